The average molecular weight is 399 g/mol. The predicted octanol–water partition coefficient (Wildman–Crippen LogP) is 3.96. The molecular formula is C23H38N6. The normalized spacial score (nSPS) is 21.3. The zero-order valence-electron chi connectivity index (χ0n) is 18.8. The Morgan fingerprint density at radius 1 is 1.28 bits per heavy atom. The summed E-state index contributed by atoms with van der Waals surface area (Å²) in [5, 5.41) is 12.3. The number of anilines is 1. The Hall–Kier alpha value is -1.95. The Balaban J connectivity index is 1.46. The van der Waals surface area contributed by atoms with E-state index >= 15 is 0 Å². The molecule has 1 spiro atoms. The van der Waals surface area contributed by atoms with Crippen LogP contribution in [-0.2, 0) is 0 Å². The maximum Gasteiger partial charge on any atom is 0.148 e. The first kappa shape index (κ1) is 21.8. The van der Waals surface area contributed by atoms with Crippen molar-refractivity contribution < 1.29 is 0 Å². The van der Waals surface area contributed by atoms with Gasteiger partial charge in [0.2, 0.25) is 0 Å². The molecule has 6 nitrogen and oxygen atoms in total. The van der Waals surface area contributed by atoms with Crippen LogP contribution in [0.25, 0.3) is 5.57 Å². The van der Waals surface area contributed by atoms with Gasteiger partial charge >= 0.3 is 0 Å². The van der Waals surface area contributed by atoms with Crippen molar-refractivity contribution in [1.82, 2.24) is 15.1 Å². The molecule has 0 radical (unpaired) electrons. The van der Waals surface area contributed by atoms with Gasteiger partial charge in [-0.05, 0) is 81.6 Å². The fourth-order valence-corrected chi connectivity index (χ4v) is 4.50. The minimum atomic E-state index is 0.431. The highest BCUT2D eigenvalue weighted by Gasteiger charge is 2.45. The fraction of sp³-hybridized carbons (Fsp3) is 0.696. The van der Waals surface area contributed by atoms with E-state index in [1.54, 1.807) is 13.3 Å². The highest BCUT2D eigenvalue weighted by Crippen LogP contribution is 2.50. The molecule has 6 heteroatoms. The van der Waals surface area contributed by atoms with E-state index in [1.807, 2.05) is 19.1 Å². The van der Waals surface area contributed by atoms with E-state index in [4.69, 9.17) is 5.73 Å². The van der Waals surface area contributed by atoms with Gasteiger partial charge in [0.25, 0.3) is 0 Å². The van der Waals surface area contributed by atoms with Crippen molar-refractivity contribution in [3.8, 4) is 0 Å². The van der Waals surface area contributed by atoms with Crippen LogP contribution >= 0.6 is 0 Å². The van der Waals surface area contributed by atoms with E-state index in [0.717, 1.165) is 17.1 Å². The molecule has 1 aromatic heterocycles. The number of likely N-dealkylation sites (tertiary alicyclic amines) is 1. The van der Waals surface area contributed by atoms with Gasteiger partial charge in [-0.1, -0.05) is 20.8 Å². The van der Waals surface area contributed by atoms with Crippen LogP contribution in [0, 0.1) is 10.8 Å². The Kier molecular flexibility index (Phi) is 6.62. The molecule has 0 aromatic carbocycles. The Morgan fingerprint density at radius 2 is 1.97 bits per heavy atom. The molecule has 1 aliphatic carbocycles. The molecule has 2 heterocycles. The summed E-state index contributed by atoms with van der Waals surface area (Å²) >= 11 is 0. The first-order chi connectivity index (χ1) is 13.7. The molecule has 29 heavy (non-hydrogen) atoms. The summed E-state index contributed by atoms with van der Waals surface area (Å²) in [7, 11) is 1.73. The quantitative estimate of drug-likeness (QED) is 0.709. The fourth-order valence-electron chi connectivity index (χ4n) is 4.50. The summed E-state index contributed by atoms with van der Waals surface area (Å²) in [5.74, 6) is 0.846. The maximum atomic E-state index is 5.93. The molecule has 0 amide bonds. The van der Waals surface area contributed by atoms with Gasteiger partial charge in [0.1, 0.15) is 5.82 Å². The van der Waals surface area contributed by atoms with Crippen LogP contribution in [0.3, 0.4) is 0 Å². The van der Waals surface area contributed by atoms with Gasteiger partial charge in [-0.15, -0.1) is 10.2 Å². The third kappa shape index (κ3) is 5.78. The van der Waals surface area contributed by atoms with Gasteiger partial charge in [0, 0.05) is 30.6 Å². The van der Waals surface area contributed by atoms with E-state index in [0.29, 0.717) is 22.6 Å². The second kappa shape index (κ2) is 8.82. The van der Waals surface area contributed by atoms with Crippen molar-refractivity contribution in [3.63, 3.8) is 0 Å². The van der Waals surface area contributed by atoms with Gasteiger partial charge in [0.15, 0.2) is 0 Å². The molecular weight excluding hydrogens is 360 g/mol. The van der Waals surface area contributed by atoms with Crippen LogP contribution in [0.1, 0.15) is 65.5 Å². The number of aromatic nitrogens is 2. The number of piperidine rings is 1. The predicted molar refractivity (Wildman–Crippen MR) is 122 cm³/mol. The summed E-state index contributed by atoms with van der Waals surface area (Å²) in [6.45, 7) is 12.6. The molecule has 1 aliphatic heterocycles. The Bertz CT molecular complexity index is 724. The number of allylic oxidation sites excluding steroid dienone is 2. The minimum absolute atomic E-state index is 0.431. The summed E-state index contributed by atoms with van der Waals surface area (Å²) in [5.41, 5.74) is 9.19. The summed E-state index contributed by atoms with van der Waals surface area (Å²) in [4.78, 5) is 6.71. The number of nitrogens with two attached hydrogens (primary N) is 1. The molecule has 1 aromatic rings. The minimum Gasteiger partial charge on any atom is -0.402 e. The lowest BCUT2D eigenvalue weighted by molar-refractivity contribution is 0.0207. The maximum absolute atomic E-state index is 5.93. The van der Waals surface area contributed by atoms with E-state index in [-0.39, 0.29) is 0 Å². The second-order valence-electron chi connectivity index (χ2n) is 10.2. The van der Waals surface area contributed by atoms with Crippen molar-refractivity contribution in [1.29, 1.82) is 0 Å². The van der Waals surface area contributed by atoms with Crippen molar-refractivity contribution in [2.75, 3.05) is 32.0 Å². The first-order valence-corrected chi connectivity index (χ1v) is 10.9. The molecule has 0 bridgehead atoms. The summed E-state index contributed by atoms with van der Waals surface area (Å²) < 4.78 is 0. The molecule has 1 saturated heterocycles. The SMILES string of the molecule is CN=CC(=C(C)N)c1ccc(NC2CC3(CCN(CCC(C)(C)C)CC3)C2)nn1. The second-order valence-corrected chi connectivity index (χ2v) is 10.2. The van der Waals surface area contributed by atoms with Crippen LogP contribution in [0.5, 0.6) is 0 Å². The number of rotatable bonds is 6. The zero-order valence-corrected chi connectivity index (χ0v) is 18.8. The van der Waals surface area contributed by atoms with Gasteiger partial charge in [-0.3, -0.25) is 4.99 Å². The topological polar surface area (TPSA) is 79.4 Å². The third-order valence-electron chi connectivity index (χ3n) is 6.43. The lowest BCUT2D eigenvalue weighted by Gasteiger charge is -2.52. The lowest BCUT2D eigenvalue weighted by atomic mass is 9.60. The third-order valence-corrected chi connectivity index (χ3v) is 6.43. The first-order valence-electron chi connectivity index (χ1n) is 10.9. The molecule has 2 aliphatic rings. The van der Waals surface area contributed by atoms with Crippen LogP contribution < -0.4 is 11.1 Å². The van der Waals surface area contributed by atoms with Gasteiger partial charge < -0.3 is 16.0 Å². The molecule has 1 saturated carbocycles. The standard InChI is InChI=1S/C23H38N6/c1-17(24)19(16-25-5)20-6-7-21(28-27-20)26-18-14-23(15-18)9-12-29(13-10-23)11-8-22(2,3)4/h6-7,16,18H,8-15,24H2,1-5H3,(H,26,28). The molecule has 3 N–H and O–H groups in total. The van der Waals surface area contributed by atoms with E-state index < -0.39 is 0 Å². The van der Waals surface area contributed by atoms with Crippen molar-refractivity contribution >= 4 is 17.6 Å². The monoisotopic (exact) mass is 398 g/mol. The highest BCUT2D eigenvalue weighted by atomic mass is 15.2. The van der Waals surface area contributed by atoms with Gasteiger partial charge in [-0.2, -0.15) is 0 Å². The van der Waals surface area contributed by atoms with Crippen LogP contribution in [0.15, 0.2) is 22.8 Å². The number of nitrogens with zero attached hydrogens (tertiary/aromatic N) is 4. The van der Waals surface area contributed by atoms with Crippen molar-refractivity contribution in [2.24, 2.45) is 21.6 Å². The number of hydrogen-bond acceptors (Lipinski definition) is 6. The van der Waals surface area contributed by atoms with Crippen LogP contribution in [-0.4, -0.2) is 54.0 Å². The van der Waals surface area contributed by atoms with E-state index in [1.165, 1.54) is 51.7 Å². The lowest BCUT2D eigenvalue weighted by Crippen LogP contribution is -2.51. The average Bonchev–Trinajstić information content (AvgIpc) is 2.64. The van der Waals surface area contributed by atoms with E-state index in [2.05, 4.69) is 46.2 Å². The number of hydrogen-bond donors (Lipinski definition) is 2. The Labute approximate surface area is 176 Å². The van der Waals surface area contributed by atoms with Crippen LogP contribution in [0.4, 0.5) is 5.82 Å². The molecule has 160 valence electrons. The van der Waals surface area contributed by atoms with E-state index in [9.17, 15) is 0 Å². The van der Waals surface area contributed by atoms with Crippen molar-refractivity contribution in [3.05, 3.63) is 23.5 Å². The molecule has 3 rings (SSSR count). The molecule has 0 atom stereocenters. The Morgan fingerprint density at radius 3 is 2.48 bits per heavy atom. The summed E-state index contributed by atoms with van der Waals surface area (Å²) in [6, 6.07) is 4.47. The zero-order chi connectivity index (χ0) is 21.1. The van der Waals surface area contributed by atoms with Crippen molar-refractivity contribution in [2.45, 2.75) is 65.8 Å². The smallest absolute Gasteiger partial charge is 0.148 e. The largest absolute Gasteiger partial charge is 0.402 e. The number of aliphatic imine (C=N–C) groups is 1. The van der Waals surface area contributed by atoms with Gasteiger partial charge in [0.05, 0.1) is 5.69 Å². The molecule has 0 unspecified atom stereocenters. The summed E-state index contributed by atoms with van der Waals surface area (Å²) in [6.07, 6.45) is 8.18. The van der Waals surface area contributed by atoms with Gasteiger partial charge in [-0.25, -0.2) is 0 Å². The molecule has 2 fully saturated rings. The number of nitrogens with one attached hydrogen (secondary N) is 1. The highest BCUT2D eigenvalue weighted by molar-refractivity contribution is 6.09. The van der Waals surface area contributed by atoms with Crippen LogP contribution in [0.2, 0.25) is 0 Å².